The van der Waals surface area contributed by atoms with Crippen LogP contribution in [0.2, 0.25) is 0 Å². The zero-order valence-electron chi connectivity index (χ0n) is 15.3. The molecule has 0 fully saturated rings. The molecule has 0 aliphatic rings. The van der Waals surface area contributed by atoms with Crippen molar-refractivity contribution >= 4 is 16.9 Å². The lowest BCUT2D eigenvalue weighted by Crippen LogP contribution is -2.37. The number of rotatable bonds is 4. The van der Waals surface area contributed by atoms with E-state index in [1.54, 1.807) is 17.5 Å². The molecule has 0 aliphatic carbocycles. The maximum Gasteiger partial charge on any atom is 0.332 e. The first kappa shape index (κ1) is 16.9. The van der Waals surface area contributed by atoms with Gasteiger partial charge in [0, 0.05) is 26.0 Å². The Hall–Kier alpha value is -3.55. The summed E-state index contributed by atoms with van der Waals surface area (Å²) in [7, 11) is 3.07. The number of para-hydroxylation sites is 2. The molecule has 27 heavy (non-hydrogen) atoms. The van der Waals surface area contributed by atoms with Gasteiger partial charge in [0.2, 0.25) is 5.78 Å². The van der Waals surface area contributed by atoms with E-state index < -0.39 is 5.69 Å². The average molecular weight is 365 g/mol. The lowest BCUT2D eigenvalue weighted by atomic mass is 10.3. The molecular formula is C19H19N5O3. The first-order valence-electron chi connectivity index (χ1n) is 8.45. The van der Waals surface area contributed by atoms with E-state index in [4.69, 9.17) is 4.74 Å². The Labute approximate surface area is 154 Å². The molecule has 0 N–H and O–H groups in total. The van der Waals surface area contributed by atoms with Crippen molar-refractivity contribution in [2.75, 3.05) is 6.61 Å². The third-order valence-corrected chi connectivity index (χ3v) is 4.60. The van der Waals surface area contributed by atoms with Crippen molar-refractivity contribution in [3.63, 3.8) is 0 Å². The van der Waals surface area contributed by atoms with E-state index in [-0.39, 0.29) is 5.56 Å². The Kier molecular flexibility index (Phi) is 3.76. The summed E-state index contributed by atoms with van der Waals surface area (Å²) in [6, 6.07) is 7.58. The summed E-state index contributed by atoms with van der Waals surface area (Å²) in [4.78, 5) is 29.5. The van der Waals surface area contributed by atoms with Crippen LogP contribution in [0.5, 0.6) is 5.75 Å². The normalized spacial score (nSPS) is 11.4. The smallest absolute Gasteiger partial charge is 0.332 e. The third-order valence-electron chi connectivity index (χ3n) is 4.60. The standard InChI is InChI=1S/C19H19N5O3/c1-5-10-27-14-9-7-6-8-13(14)24-12(2)11-23-15-16(20-18(23)24)21(3)19(26)22(4)17(15)25/h5-9,11H,1,10H2,2-4H3. The summed E-state index contributed by atoms with van der Waals surface area (Å²) in [5.74, 6) is 1.21. The van der Waals surface area contributed by atoms with Gasteiger partial charge in [0.15, 0.2) is 11.2 Å². The summed E-state index contributed by atoms with van der Waals surface area (Å²) in [6.45, 7) is 5.98. The van der Waals surface area contributed by atoms with E-state index in [0.717, 1.165) is 15.9 Å². The highest BCUT2D eigenvalue weighted by Gasteiger charge is 2.20. The van der Waals surface area contributed by atoms with Crippen LogP contribution in [0, 0.1) is 6.92 Å². The van der Waals surface area contributed by atoms with Crippen LogP contribution in [0.3, 0.4) is 0 Å². The highest BCUT2D eigenvalue weighted by atomic mass is 16.5. The Morgan fingerprint density at radius 2 is 1.93 bits per heavy atom. The molecule has 0 saturated heterocycles. The van der Waals surface area contributed by atoms with Crippen molar-refractivity contribution in [3.05, 3.63) is 69.6 Å². The lowest BCUT2D eigenvalue weighted by Gasteiger charge is -2.12. The Bertz CT molecular complexity index is 1320. The van der Waals surface area contributed by atoms with Crippen LogP contribution >= 0.6 is 0 Å². The maximum atomic E-state index is 12.7. The fraction of sp³-hybridized carbons (Fsp3) is 0.211. The molecule has 3 heterocycles. The van der Waals surface area contributed by atoms with Gasteiger partial charge in [-0.15, -0.1) is 0 Å². The first-order valence-corrected chi connectivity index (χ1v) is 8.45. The fourth-order valence-electron chi connectivity index (χ4n) is 3.30. The van der Waals surface area contributed by atoms with Crippen LogP contribution in [-0.2, 0) is 14.1 Å². The number of aromatic nitrogens is 5. The predicted molar refractivity (Wildman–Crippen MR) is 103 cm³/mol. The number of nitrogens with zero attached hydrogens (tertiary/aromatic N) is 5. The van der Waals surface area contributed by atoms with Crippen LogP contribution in [0.1, 0.15) is 5.69 Å². The monoisotopic (exact) mass is 365 g/mol. The fourth-order valence-corrected chi connectivity index (χ4v) is 3.30. The number of hydrogen-bond acceptors (Lipinski definition) is 4. The van der Waals surface area contributed by atoms with Crippen LogP contribution in [0.4, 0.5) is 0 Å². The van der Waals surface area contributed by atoms with Gasteiger partial charge in [-0.05, 0) is 19.1 Å². The summed E-state index contributed by atoms with van der Waals surface area (Å²) in [5, 5.41) is 0. The molecule has 4 aromatic rings. The predicted octanol–water partition coefficient (Wildman–Crippen LogP) is 1.55. The molecule has 0 amide bonds. The topological polar surface area (TPSA) is 75.5 Å². The molecule has 8 nitrogen and oxygen atoms in total. The largest absolute Gasteiger partial charge is 0.487 e. The number of ether oxygens (including phenoxy) is 1. The molecule has 138 valence electrons. The van der Waals surface area contributed by atoms with E-state index >= 15 is 0 Å². The second-order valence-corrected chi connectivity index (χ2v) is 6.33. The molecule has 4 rings (SSSR count). The number of hydrogen-bond donors (Lipinski definition) is 0. The second-order valence-electron chi connectivity index (χ2n) is 6.33. The van der Waals surface area contributed by atoms with Gasteiger partial charge in [0.1, 0.15) is 12.4 Å². The summed E-state index contributed by atoms with van der Waals surface area (Å²) in [6.07, 6.45) is 3.51. The van der Waals surface area contributed by atoms with Crippen LogP contribution in [-0.4, -0.2) is 29.7 Å². The Morgan fingerprint density at radius 3 is 2.67 bits per heavy atom. The average Bonchev–Trinajstić information content (AvgIpc) is 3.18. The minimum atomic E-state index is -0.411. The van der Waals surface area contributed by atoms with Crippen LogP contribution in [0.25, 0.3) is 22.6 Å². The maximum absolute atomic E-state index is 12.7. The van der Waals surface area contributed by atoms with Crippen LogP contribution in [0.15, 0.2) is 52.7 Å². The Balaban J connectivity index is 2.10. The van der Waals surface area contributed by atoms with Crippen molar-refractivity contribution in [3.8, 4) is 11.4 Å². The number of fused-ring (bicyclic) bond motifs is 3. The summed E-state index contributed by atoms with van der Waals surface area (Å²) >= 11 is 0. The van der Waals surface area contributed by atoms with Gasteiger partial charge in [-0.25, -0.2) is 4.79 Å². The number of imidazole rings is 2. The second kappa shape index (κ2) is 6.01. The molecule has 0 atom stereocenters. The molecular weight excluding hydrogens is 346 g/mol. The van der Waals surface area contributed by atoms with Crippen LogP contribution < -0.4 is 16.0 Å². The van der Waals surface area contributed by atoms with E-state index in [2.05, 4.69) is 11.6 Å². The molecule has 3 aromatic heterocycles. The highest BCUT2D eigenvalue weighted by Crippen LogP contribution is 2.27. The number of aryl methyl sites for hydroxylation is 2. The first-order chi connectivity index (χ1) is 13.0. The minimum absolute atomic E-state index is 0.344. The van der Waals surface area contributed by atoms with Gasteiger partial charge in [-0.2, -0.15) is 4.98 Å². The van der Waals surface area contributed by atoms with E-state index in [1.807, 2.05) is 42.0 Å². The minimum Gasteiger partial charge on any atom is -0.487 e. The van der Waals surface area contributed by atoms with Crippen molar-refractivity contribution in [1.29, 1.82) is 0 Å². The molecule has 0 radical (unpaired) electrons. The van der Waals surface area contributed by atoms with Crippen molar-refractivity contribution < 1.29 is 4.74 Å². The molecule has 0 saturated carbocycles. The van der Waals surface area contributed by atoms with Gasteiger partial charge in [-0.3, -0.25) is 22.9 Å². The molecule has 1 aromatic carbocycles. The van der Waals surface area contributed by atoms with Gasteiger partial charge in [-0.1, -0.05) is 24.8 Å². The van der Waals surface area contributed by atoms with E-state index in [0.29, 0.717) is 29.3 Å². The molecule has 8 heteroatoms. The molecule has 0 aliphatic heterocycles. The lowest BCUT2D eigenvalue weighted by molar-refractivity contribution is 0.362. The molecule has 0 unspecified atom stereocenters. The van der Waals surface area contributed by atoms with E-state index in [1.165, 1.54) is 11.6 Å². The quantitative estimate of drug-likeness (QED) is 0.514. The van der Waals surface area contributed by atoms with Crippen molar-refractivity contribution in [2.24, 2.45) is 14.1 Å². The van der Waals surface area contributed by atoms with Gasteiger partial charge in [0.05, 0.1) is 5.69 Å². The summed E-state index contributed by atoms with van der Waals surface area (Å²) in [5.41, 5.74) is 1.59. The van der Waals surface area contributed by atoms with Crippen molar-refractivity contribution in [1.82, 2.24) is 23.1 Å². The number of benzene rings is 1. The zero-order chi connectivity index (χ0) is 19.3. The summed E-state index contributed by atoms with van der Waals surface area (Å²) < 4.78 is 11.9. The zero-order valence-corrected chi connectivity index (χ0v) is 15.3. The molecule has 0 bridgehead atoms. The Morgan fingerprint density at radius 1 is 1.19 bits per heavy atom. The molecule has 0 spiro atoms. The van der Waals surface area contributed by atoms with E-state index in [9.17, 15) is 9.59 Å². The SMILES string of the molecule is C=CCOc1ccccc1-n1c(C)cn2c3c(=O)n(C)c(=O)n(C)c3nc12. The van der Waals surface area contributed by atoms with Gasteiger partial charge < -0.3 is 4.74 Å². The van der Waals surface area contributed by atoms with Crippen molar-refractivity contribution in [2.45, 2.75) is 6.92 Å². The highest BCUT2D eigenvalue weighted by molar-refractivity contribution is 5.76. The van der Waals surface area contributed by atoms with Gasteiger partial charge in [0.25, 0.3) is 5.56 Å². The third kappa shape index (κ3) is 2.33. The van der Waals surface area contributed by atoms with Gasteiger partial charge >= 0.3 is 5.69 Å².